The van der Waals surface area contributed by atoms with Crippen molar-refractivity contribution in [1.82, 2.24) is 4.90 Å². The second-order valence-corrected chi connectivity index (χ2v) is 3.99. The number of aliphatic hydroxyl groups excluding tert-OH is 1. The quantitative estimate of drug-likeness (QED) is 0.767. The Kier molecular flexibility index (Phi) is 6.41. The lowest BCUT2D eigenvalue weighted by Gasteiger charge is -2.28. The summed E-state index contributed by atoms with van der Waals surface area (Å²) in [5.74, 6) is 0. The van der Waals surface area contributed by atoms with Gasteiger partial charge in [0.2, 0.25) is 0 Å². The largest absolute Gasteiger partial charge is 0.394 e. The molecule has 2 aliphatic rings. The molecule has 0 radical (unpaired) electrons. The number of nitrogens with zero attached hydrogens (tertiary/aromatic N) is 1. The average Bonchev–Trinajstić information content (AvgIpc) is 2.76. The van der Waals surface area contributed by atoms with Gasteiger partial charge in [-0.2, -0.15) is 0 Å². The van der Waals surface area contributed by atoms with Gasteiger partial charge in [-0.25, -0.2) is 0 Å². The number of aliphatic hydroxyl groups is 1. The molecule has 2 saturated heterocycles. The van der Waals surface area contributed by atoms with Gasteiger partial charge in [-0.3, -0.25) is 4.90 Å². The van der Waals surface area contributed by atoms with Gasteiger partial charge >= 0.3 is 0 Å². The molecule has 0 bridgehead atoms. The van der Waals surface area contributed by atoms with E-state index in [2.05, 4.69) is 4.90 Å². The Labute approximate surface area is 94.4 Å². The summed E-state index contributed by atoms with van der Waals surface area (Å²) in [6.07, 6.45) is 3.73. The van der Waals surface area contributed by atoms with E-state index in [-0.39, 0.29) is 13.0 Å². The summed E-state index contributed by atoms with van der Waals surface area (Å²) in [7, 11) is 1.76. The molecule has 3 nitrogen and oxygen atoms in total. The lowest BCUT2D eigenvalue weighted by molar-refractivity contribution is 0.0944. The van der Waals surface area contributed by atoms with Crippen molar-refractivity contribution in [2.45, 2.75) is 52.2 Å². The first kappa shape index (κ1) is 14.9. The van der Waals surface area contributed by atoms with Gasteiger partial charge in [0.15, 0.2) is 0 Å². The second kappa shape index (κ2) is 6.46. The zero-order valence-electron chi connectivity index (χ0n) is 9.62. The van der Waals surface area contributed by atoms with Crippen molar-refractivity contribution in [3.8, 4) is 0 Å². The molecule has 2 atom stereocenters. The zero-order chi connectivity index (χ0) is 10.6. The van der Waals surface area contributed by atoms with Crippen LogP contribution in [-0.4, -0.2) is 48.5 Å². The van der Waals surface area contributed by atoms with Gasteiger partial charge in [0.1, 0.15) is 0 Å². The Morgan fingerprint density at radius 3 is 2.60 bits per heavy atom. The minimum Gasteiger partial charge on any atom is -0.394 e. The zero-order valence-corrected chi connectivity index (χ0v) is 9.62. The molecule has 1 N–H and O–H groups in total. The summed E-state index contributed by atoms with van der Waals surface area (Å²) in [5, 5.41) is 9.34. The summed E-state index contributed by atoms with van der Waals surface area (Å²) < 4.78 is 5.32. The van der Waals surface area contributed by atoms with Crippen LogP contribution < -0.4 is 0 Å². The molecule has 2 aliphatic heterocycles. The molecule has 2 heterocycles. The third kappa shape index (κ3) is 2.71. The van der Waals surface area contributed by atoms with E-state index in [9.17, 15) is 5.11 Å². The lowest BCUT2D eigenvalue weighted by atomic mass is 9.94. The van der Waals surface area contributed by atoms with Crippen molar-refractivity contribution in [3.63, 3.8) is 0 Å². The first-order chi connectivity index (χ1) is 6.80. The van der Waals surface area contributed by atoms with Gasteiger partial charge < -0.3 is 9.84 Å². The Hall–Kier alpha value is -0.120. The molecule has 2 rings (SSSR count). The summed E-state index contributed by atoms with van der Waals surface area (Å²) in [6.45, 7) is 6.45. The number of methoxy groups -OCH3 is 1. The van der Waals surface area contributed by atoms with E-state index < -0.39 is 0 Å². The summed E-state index contributed by atoms with van der Waals surface area (Å²) in [4.78, 5) is 2.39. The fourth-order valence-electron chi connectivity index (χ4n) is 2.65. The van der Waals surface area contributed by atoms with Crippen molar-refractivity contribution in [2.24, 2.45) is 0 Å². The molecule has 0 aromatic carbocycles. The van der Waals surface area contributed by atoms with Crippen LogP contribution in [0.1, 0.15) is 40.5 Å². The van der Waals surface area contributed by atoms with Gasteiger partial charge in [0.25, 0.3) is 0 Å². The molecule has 92 valence electrons. The predicted molar refractivity (Wildman–Crippen MR) is 64.1 cm³/mol. The Balaban J connectivity index is 0.000000617. The Bertz CT molecular complexity index is 175. The standard InChI is InChI=1S/C9H17NO2.C2H6.CH4/c1-12-8-5-9(7-11)3-2-4-10(9)6-8;1-2;/h8,11H,2-7H2,1H3;1-2H3;1H4/t8-,9+;;/m1../s1. The van der Waals surface area contributed by atoms with Crippen molar-refractivity contribution in [2.75, 3.05) is 26.8 Å². The summed E-state index contributed by atoms with van der Waals surface area (Å²) in [5.41, 5.74) is 0.0840. The maximum absolute atomic E-state index is 9.34. The van der Waals surface area contributed by atoms with Crippen LogP contribution in [0, 0.1) is 0 Å². The molecule has 0 saturated carbocycles. The first-order valence-corrected chi connectivity index (χ1v) is 5.69. The third-order valence-electron chi connectivity index (χ3n) is 3.40. The summed E-state index contributed by atoms with van der Waals surface area (Å²) in [6, 6.07) is 0. The first-order valence-electron chi connectivity index (χ1n) is 5.69. The van der Waals surface area contributed by atoms with Gasteiger partial charge in [0.05, 0.1) is 12.7 Å². The lowest BCUT2D eigenvalue weighted by Crippen LogP contribution is -2.41. The second-order valence-electron chi connectivity index (χ2n) is 3.99. The molecule has 2 fully saturated rings. The molecule has 0 amide bonds. The Morgan fingerprint density at radius 1 is 1.47 bits per heavy atom. The highest BCUT2D eigenvalue weighted by Crippen LogP contribution is 2.39. The van der Waals surface area contributed by atoms with Gasteiger partial charge in [-0.05, 0) is 25.8 Å². The number of hydrogen-bond donors (Lipinski definition) is 1. The fraction of sp³-hybridized carbons (Fsp3) is 1.00. The summed E-state index contributed by atoms with van der Waals surface area (Å²) >= 11 is 0. The van der Waals surface area contributed by atoms with Crippen LogP contribution in [0.4, 0.5) is 0 Å². The van der Waals surface area contributed by atoms with Crippen LogP contribution >= 0.6 is 0 Å². The van der Waals surface area contributed by atoms with Crippen LogP contribution in [0.15, 0.2) is 0 Å². The van der Waals surface area contributed by atoms with Crippen molar-refractivity contribution >= 4 is 0 Å². The van der Waals surface area contributed by atoms with E-state index in [1.54, 1.807) is 7.11 Å². The molecular weight excluding hydrogens is 190 g/mol. The number of fused-ring (bicyclic) bond motifs is 1. The van der Waals surface area contributed by atoms with Crippen molar-refractivity contribution in [1.29, 1.82) is 0 Å². The van der Waals surface area contributed by atoms with Crippen LogP contribution in [0.25, 0.3) is 0 Å². The van der Waals surface area contributed by atoms with Crippen molar-refractivity contribution < 1.29 is 9.84 Å². The SMILES string of the molecule is C.CC.CO[C@H]1CN2CCC[C@@]2(CO)C1. The van der Waals surface area contributed by atoms with Crippen LogP contribution in [-0.2, 0) is 4.74 Å². The highest BCUT2D eigenvalue weighted by Gasteiger charge is 2.47. The average molecular weight is 217 g/mol. The molecule has 0 aliphatic carbocycles. The van der Waals surface area contributed by atoms with Crippen molar-refractivity contribution in [3.05, 3.63) is 0 Å². The predicted octanol–water partition coefficient (Wildman–Crippen LogP) is 1.89. The number of hydrogen-bond acceptors (Lipinski definition) is 3. The van der Waals surface area contributed by atoms with E-state index >= 15 is 0 Å². The molecule has 0 aromatic rings. The third-order valence-corrected chi connectivity index (χ3v) is 3.40. The maximum atomic E-state index is 9.34. The minimum absolute atomic E-state index is 0. The number of ether oxygens (including phenoxy) is 1. The van der Waals surface area contributed by atoms with Crippen LogP contribution in [0.3, 0.4) is 0 Å². The molecule has 0 aromatic heterocycles. The Morgan fingerprint density at radius 2 is 2.13 bits per heavy atom. The van der Waals surface area contributed by atoms with E-state index in [4.69, 9.17) is 4.74 Å². The normalized spacial score (nSPS) is 34.0. The van der Waals surface area contributed by atoms with Gasteiger partial charge in [-0.15, -0.1) is 0 Å². The maximum Gasteiger partial charge on any atom is 0.0716 e. The van der Waals surface area contributed by atoms with E-state index in [1.165, 1.54) is 6.42 Å². The molecule has 0 spiro atoms. The molecular formula is C12H27NO2. The van der Waals surface area contributed by atoms with Crippen LogP contribution in [0.2, 0.25) is 0 Å². The molecule has 15 heavy (non-hydrogen) atoms. The monoisotopic (exact) mass is 217 g/mol. The van der Waals surface area contributed by atoms with Crippen LogP contribution in [0.5, 0.6) is 0 Å². The van der Waals surface area contributed by atoms with Gasteiger partial charge in [0, 0.05) is 19.2 Å². The smallest absolute Gasteiger partial charge is 0.0716 e. The minimum atomic E-state index is 0. The molecule has 0 unspecified atom stereocenters. The highest BCUT2D eigenvalue weighted by atomic mass is 16.5. The van der Waals surface area contributed by atoms with Gasteiger partial charge in [-0.1, -0.05) is 21.3 Å². The van der Waals surface area contributed by atoms with E-state index in [0.29, 0.717) is 12.7 Å². The number of rotatable bonds is 2. The highest BCUT2D eigenvalue weighted by molar-refractivity contribution is 5.03. The topological polar surface area (TPSA) is 32.7 Å². The molecule has 3 heteroatoms. The fourth-order valence-corrected chi connectivity index (χ4v) is 2.65. The van der Waals surface area contributed by atoms with E-state index in [1.807, 2.05) is 13.8 Å². The van der Waals surface area contributed by atoms with E-state index in [0.717, 1.165) is 25.9 Å².